The van der Waals surface area contributed by atoms with E-state index >= 15 is 0 Å². The average Bonchev–Trinajstić information content (AvgIpc) is 2.70. The molecular weight excluding hydrogens is 430 g/mol. The third-order valence-corrected chi connectivity index (χ3v) is 5.30. The number of nitrogens with zero attached hydrogens (tertiary/aromatic N) is 1. The predicted molar refractivity (Wildman–Crippen MR) is 114 cm³/mol. The number of H-pyrrole nitrogens is 1. The van der Waals surface area contributed by atoms with Crippen molar-refractivity contribution in [1.29, 1.82) is 0 Å². The minimum absolute atomic E-state index is 0.116. The molecule has 0 spiro atoms. The van der Waals surface area contributed by atoms with E-state index in [2.05, 4.69) is 14.7 Å². The molecular formula is C20H18ClN3O5S. The molecule has 8 nitrogen and oxygen atoms in total. The van der Waals surface area contributed by atoms with Gasteiger partial charge in [0.2, 0.25) is 10.0 Å². The molecule has 30 heavy (non-hydrogen) atoms. The van der Waals surface area contributed by atoms with E-state index in [1.54, 1.807) is 18.2 Å². The van der Waals surface area contributed by atoms with E-state index in [1.807, 2.05) is 19.1 Å². The van der Waals surface area contributed by atoms with Gasteiger partial charge in [-0.1, -0.05) is 41.4 Å². The molecule has 3 aromatic rings. The highest BCUT2D eigenvalue weighted by atomic mass is 35.5. The van der Waals surface area contributed by atoms with E-state index in [0.29, 0.717) is 21.5 Å². The van der Waals surface area contributed by atoms with E-state index in [0.717, 1.165) is 11.0 Å². The molecule has 156 valence electrons. The van der Waals surface area contributed by atoms with Crippen LogP contribution in [0.3, 0.4) is 0 Å². The first kappa shape index (κ1) is 21.7. The van der Waals surface area contributed by atoms with Crippen LogP contribution < -0.4 is 10.3 Å². The van der Waals surface area contributed by atoms with Gasteiger partial charge in [-0.15, -0.1) is 0 Å². The normalized spacial score (nSPS) is 11.8. The molecule has 0 saturated carbocycles. The summed E-state index contributed by atoms with van der Waals surface area (Å²) >= 11 is 5.90. The second-order valence-electron chi connectivity index (χ2n) is 6.41. The summed E-state index contributed by atoms with van der Waals surface area (Å²) < 4.78 is 31.1. The van der Waals surface area contributed by atoms with Gasteiger partial charge in [0.25, 0.3) is 5.56 Å². The Morgan fingerprint density at radius 1 is 1.23 bits per heavy atom. The summed E-state index contributed by atoms with van der Waals surface area (Å²) in [5, 5.41) is 1.73. The van der Waals surface area contributed by atoms with Gasteiger partial charge < -0.3 is 9.72 Å². The first-order chi connectivity index (χ1) is 14.2. The van der Waals surface area contributed by atoms with Crippen LogP contribution in [0.1, 0.15) is 17.0 Å². The summed E-state index contributed by atoms with van der Waals surface area (Å²) in [6.45, 7) is 1.04. The lowest BCUT2D eigenvalue weighted by atomic mass is 10.2. The third-order valence-electron chi connectivity index (χ3n) is 4.02. The Balaban J connectivity index is 1.56. The largest absolute Gasteiger partial charge is 0.457 e. The van der Waals surface area contributed by atoms with Crippen LogP contribution in [0.15, 0.2) is 52.7 Å². The number of carbonyl (C=O) groups is 1. The topological polar surface area (TPSA) is 118 Å². The van der Waals surface area contributed by atoms with Crippen LogP contribution >= 0.6 is 11.6 Å². The van der Waals surface area contributed by atoms with Crippen LogP contribution in [0.25, 0.3) is 17.0 Å². The SMILES string of the molecule is Cc1ccc(/C=C/S(=O)(=O)NCC(=O)OCc2nc3cc(Cl)ccc3c(=O)[nH]2)cc1. The van der Waals surface area contributed by atoms with Crippen molar-refractivity contribution in [2.45, 2.75) is 13.5 Å². The molecule has 0 aliphatic carbocycles. The van der Waals surface area contributed by atoms with Gasteiger partial charge in [-0.05, 0) is 36.8 Å². The molecule has 0 aliphatic heterocycles. The number of nitrogens with one attached hydrogen (secondary N) is 2. The Bertz CT molecular complexity index is 1270. The lowest BCUT2D eigenvalue weighted by Crippen LogP contribution is -2.29. The summed E-state index contributed by atoms with van der Waals surface area (Å²) in [4.78, 5) is 30.6. The third kappa shape index (κ3) is 5.99. The highest BCUT2D eigenvalue weighted by Gasteiger charge is 2.11. The van der Waals surface area contributed by atoms with Crippen molar-refractivity contribution in [3.8, 4) is 0 Å². The van der Waals surface area contributed by atoms with Crippen LogP contribution in [-0.4, -0.2) is 30.9 Å². The number of hydrogen-bond donors (Lipinski definition) is 2. The molecule has 0 atom stereocenters. The van der Waals surface area contributed by atoms with E-state index in [1.165, 1.54) is 18.2 Å². The molecule has 10 heteroatoms. The van der Waals surface area contributed by atoms with Crippen LogP contribution in [0.5, 0.6) is 0 Å². The number of fused-ring (bicyclic) bond motifs is 1. The molecule has 0 amide bonds. The molecule has 2 N–H and O–H groups in total. The smallest absolute Gasteiger partial charge is 0.321 e. The minimum atomic E-state index is -3.83. The summed E-state index contributed by atoms with van der Waals surface area (Å²) in [5.41, 5.74) is 1.73. The van der Waals surface area contributed by atoms with Gasteiger partial charge in [-0.3, -0.25) is 9.59 Å². The first-order valence-corrected chi connectivity index (χ1v) is 10.7. The van der Waals surface area contributed by atoms with Gasteiger partial charge in [-0.25, -0.2) is 18.1 Å². The number of ether oxygens (including phenoxy) is 1. The molecule has 0 fully saturated rings. The molecule has 1 aromatic heterocycles. The number of aryl methyl sites for hydroxylation is 1. The number of aromatic nitrogens is 2. The fraction of sp³-hybridized carbons (Fsp3) is 0.150. The van der Waals surface area contributed by atoms with Crippen LogP contribution in [0.2, 0.25) is 5.02 Å². The fourth-order valence-electron chi connectivity index (χ4n) is 2.48. The Kier molecular flexibility index (Phi) is 6.66. The monoisotopic (exact) mass is 447 g/mol. The molecule has 0 bridgehead atoms. The second kappa shape index (κ2) is 9.21. The summed E-state index contributed by atoms with van der Waals surface area (Å²) in [6.07, 6.45) is 1.42. The molecule has 0 radical (unpaired) electrons. The first-order valence-electron chi connectivity index (χ1n) is 8.80. The quantitative estimate of drug-likeness (QED) is 0.537. The zero-order valence-corrected chi connectivity index (χ0v) is 17.5. The number of sulfonamides is 1. The number of rotatable bonds is 7. The van der Waals surface area contributed by atoms with Crippen molar-refractivity contribution >= 4 is 44.6 Å². The standard InChI is InChI=1S/C20H18ClN3O5S/c1-13-2-4-14(5-3-13)8-9-30(27,28)22-11-19(25)29-12-18-23-17-10-15(21)6-7-16(17)20(26)24-18/h2-10,22H,11-12H2,1H3,(H,23,24,26)/b9-8+. The van der Waals surface area contributed by atoms with Crippen molar-refractivity contribution in [2.24, 2.45) is 0 Å². The summed E-state index contributed by atoms with van der Waals surface area (Å²) in [6, 6.07) is 11.9. The van der Waals surface area contributed by atoms with E-state index < -0.39 is 28.1 Å². The number of esters is 1. The summed E-state index contributed by atoms with van der Waals surface area (Å²) in [7, 11) is -3.83. The number of hydrogen-bond acceptors (Lipinski definition) is 6. The van der Waals surface area contributed by atoms with E-state index in [4.69, 9.17) is 16.3 Å². The highest BCUT2D eigenvalue weighted by Crippen LogP contribution is 2.14. The van der Waals surface area contributed by atoms with Gasteiger partial charge >= 0.3 is 5.97 Å². The van der Waals surface area contributed by atoms with Gasteiger partial charge in [0.05, 0.1) is 10.9 Å². The highest BCUT2D eigenvalue weighted by molar-refractivity contribution is 7.92. The number of benzene rings is 2. The summed E-state index contributed by atoms with van der Waals surface area (Å²) in [5.74, 6) is -0.707. The van der Waals surface area contributed by atoms with Gasteiger partial charge in [-0.2, -0.15) is 0 Å². The Hall–Kier alpha value is -3.01. The molecule has 0 unspecified atom stereocenters. The average molecular weight is 448 g/mol. The van der Waals surface area contributed by atoms with Gasteiger partial charge in [0.1, 0.15) is 19.0 Å². The van der Waals surface area contributed by atoms with Crippen molar-refractivity contribution in [1.82, 2.24) is 14.7 Å². The maximum atomic E-state index is 12.0. The van der Waals surface area contributed by atoms with Gasteiger partial charge in [0, 0.05) is 10.4 Å². The Morgan fingerprint density at radius 3 is 2.70 bits per heavy atom. The predicted octanol–water partition coefficient (Wildman–Crippen LogP) is 2.52. The second-order valence-corrected chi connectivity index (χ2v) is 8.50. The maximum absolute atomic E-state index is 12.0. The van der Waals surface area contributed by atoms with E-state index in [-0.39, 0.29) is 12.4 Å². The zero-order chi connectivity index (χ0) is 21.7. The lowest BCUT2D eigenvalue weighted by Gasteiger charge is -2.06. The van der Waals surface area contributed by atoms with Crippen molar-refractivity contribution in [2.75, 3.05) is 6.54 Å². The lowest BCUT2D eigenvalue weighted by molar-refractivity contribution is -0.143. The maximum Gasteiger partial charge on any atom is 0.321 e. The zero-order valence-electron chi connectivity index (χ0n) is 15.9. The van der Waals surface area contributed by atoms with Gasteiger partial charge in [0.15, 0.2) is 0 Å². The van der Waals surface area contributed by atoms with Crippen LogP contribution in [0.4, 0.5) is 0 Å². The molecule has 0 aliphatic rings. The fourth-order valence-corrected chi connectivity index (χ4v) is 3.40. The number of carbonyl (C=O) groups excluding carboxylic acids is 1. The van der Waals surface area contributed by atoms with Crippen LogP contribution in [0, 0.1) is 6.92 Å². The Labute approximate surface area is 177 Å². The molecule has 3 rings (SSSR count). The molecule has 1 heterocycles. The van der Waals surface area contributed by atoms with Crippen molar-refractivity contribution in [3.05, 3.63) is 80.2 Å². The Morgan fingerprint density at radius 2 is 1.97 bits per heavy atom. The number of halogens is 1. The van der Waals surface area contributed by atoms with E-state index in [9.17, 15) is 18.0 Å². The van der Waals surface area contributed by atoms with Crippen LogP contribution in [-0.2, 0) is 26.2 Å². The molecule has 2 aromatic carbocycles. The van der Waals surface area contributed by atoms with Crippen molar-refractivity contribution < 1.29 is 17.9 Å². The van der Waals surface area contributed by atoms with Crippen molar-refractivity contribution in [3.63, 3.8) is 0 Å². The number of aromatic amines is 1. The minimum Gasteiger partial charge on any atom is -0.457 e. The molecule has 0 saturated heterocycles.